The van der Waals surface area contributed by atoms with E-state index in [1.54, 1.807) is 12.4 Å². The van der Waals surface area contributed by atoms with Crippen molar-refractivity contribution in [1.82, 2.24) is 10.2 Å². The number of hydrazone groups is 1. The number of rotatable bonds is 4. The normalized spacial score (nSPS) is 16.6. The van der Waals surface area contributed by atoms with E-state index in [0.29, 0.717) is 17.8 Å². The van der Waals surface area contributed by atoms with Gasteiger partial charge in [-0.05, 0) is 17.7 Å². The fourth-order valence-electron chi connectivity index (χ4n) is 2.92. The molecule has 1 unspecified atom stereocenters. The van der Waals surface area contributed by atoms with E-state index in [0.717, 1.165) is 11.3 Å². The van der Waals surface area contributed by atoms with E-state index >= 15 is 0 Å². The molecule has 25 heavy (non-hydrogen) atoms. The largest absolute Gasteiger partial charge is 0.318 e. The maximum Gasteiger partial charge on any atom is 0.272 e. The van der Waals surface area contributed by atoms with E-state index in [4.69, 9.17) is 0 Å². The Hall–Kier alpha value is -3.41. The van der Waals surface area contributed by atoms with Crippen LogP contribution in [0.15, 0.2) is 78.2 Å². The zero-order valence-electron chi connectivity index (χ0n) is 13.5. The minimum Gasteiger partial charge on any atom is -0.318 e. The number of nitrogens with zero attached hydrogens (tertiary/aromatic N) is 3. The van der Waals surface area contributed by atoms with Gasteiger partial charge in [0.15, 0.2) is 0 Å². The predicted molar refractivity (Wildman–Crippen MR) is 97.4 cm³/mol. The van der Waals surface area contributed by atoms with Gasteiger partial charge in [-0.15, -0.1) is 0 Å². The highest BCUT2D eigenvalue weighted by Gasteiger charge is 2.32. The molecule has 6 heteroatoms. The number of nitrogens with one attached hydrogen (secondary N) is 2. The van der Waals surface area contributed by atoms with Crippen molar-refractivity contribution < 1.29 is 4.79 Å². The Morgan fingerprint density at radius 1 is 1.08 bits per heavy atom. The average Bonchev–Trinajstić information content (AvgIpc) is 3.33. The van der Waals surface area contributed by atoms with Gasteiger partial charge in [-0.2, -0.15) is 10.2 Å². The molecule has 1 aliphatic rings. The lowest BCUT2D eigenvalue weighted by Crippen LogP contribution is -2.21. The maximum absolute atomic E-state index is 12.6. The third-order valence-corrected chi connectivity index (χ3v) is 4.13. The fraction of sp³-hybridized carbons (Fsp3) is 0.105. The number of aromatic amines is 1. The van der Waals surface area contributed by atoms with Gasteiger partial charge in [-0.3, -0.25) is 14.9 Å². The summed E-state index contributed by atoms with van der Waals surface area (Å²) in [6.45, 7) is 0. The standard InChI is InChI=1S/C19H17N5O/c25-19(22-15-12-20-21-13-15)17-11-18(14-7-3-1-4-8-14)24(23-17)16-9-5-2-6-10-16/h1-10,12-13,18H,11H2,(H,20,21)(H,22,25). The highest BCUT2D eigenvalue weighted by Crippen LogP contribution is 2.35. The highest BCUT2D eigenvalue weighted by molar-refractivity contribution is 6.43. The van der Waals surface area contributed by atoms with Crippen LogP contribution in [0.3, 0.4) is 0 Å². The Bertz CT molecular complexity index is 875. The van der Waals surface area contributed by atoms with Gasteiger partial charge in [0, 0.05) is 12.6 Å². The summed E-state index contributed by atoms with van der Waals surface area (Å²) >= 11 is 0. The molecule has 6 nitrogen and oxygen atoms in total. The predicted octanol–water partition coefficient (Wildman–Crippen LogP) is 3.36. The van der Waals surface area contributed by atoms with E-state index in [1.165, 1.54) is 0 Å². The Balaban J connectivity index is 1.64. The number of hydrogen-bond acceptors (Lipinski definition) is 4. The second kappa shape index (κ2) is 6.60. The summed E-state index contributed by atoms with van der Waals surface area (Å²) in [6.07, 6.45) is 3.75. The summed E-state index contributed by atoms with van der Waals surface area (Å²) in [4.78, 5) is 12.6. The van der Waals surface area contributed by atoms with Crippen LogP contribution in [0, 0.1) is 0 Å². The Kier molecular flexibility index (Phi) is 4.00. The number of carbonyl (C=O) groups is 1. The summed E-state index contributed by atoms with van der Waals surface area (Å²) in [5, 5.41) is 15.9. The molecule has 3 aromatic rings. The van der Waals surface area contributed by atoms with Crippen LogP contribution >= 0.6 is 0 Å². The summed E-state index contributed by atoms with van der Waals surface area (Å²) in [6, 6.07) is 20.0. The molecule has 0 spiro atoms. The van der Waals surface area contributed by atoms with Crippen molar-refractivity contribution in [3.05, 3.63) is 78.6 Å². The first kappa shape index (κ1) is 15.1. The van der Waals surface area contributed by atoms with Gasteiger partial charge in [-0.1, -0.05) is 48.5 Å². The molecule has 1 atom stereocenters. The molecule has 1 amide bonds. The second-order valence-electron chi connectivity index (χ2n) is 5.80. The SMILES string of the molecule is O=C(Nc1cn[nH]c1)C1=NN(c2ccccc2)C(c2ccccc2)C1. The molecule has 0 bridgehead atoms. The van der Waals surface area contributed by atoms with Crippen LogP contribution in [-0.4, -0.2) is 21.8 Å². The van der Waals surface area contributed by atoms with Crippen molar-refractivity contribution in [2.24, 2.45) is 5.10 Å². The first-order valence-electron chi connectivity index (χ1n) is 8.08. The summed E-state index contributed by atoms with van der Waals surface area (Å²) < 4.78 is 0. The third kappa shape index (κ3) is 3.14. The second-order valence-corrected chi connectivity index (χ2v) is 5.80. The lowest BCUT2D eigenvalue weighted by molar-refractivity contribution is -0.110. The highest BCUT2D eigenvalue weighted by atomic mass is 16.2. The van der Waals surface area contributed by atoms with Gasteiger partial charge < -0.3 is 5.32 Å². The first-order valence-corrected chi connectivity index (χ1v) is 8.08. The zero-order valence-corrected chi connectivity index (χ0v) is 13.5. The van der Waals surface area contributed by atoms with Crippen molar-refractivity contribution in [2.45, 2.75) is 12.5 Å². The Morgan fingerprint density at radius 3 is 2.48 bits per heavy atom. The molecule has 2 aromatic carbocycles. The number of carbonyl (C=O) groups excluding carboxylic acids is 1. The third-order valence-electron chi connectivity index (χ3n) is 4.13. The molecule has 0 saturated heterocycles. The number of H-pyrrole nitrogens is 1. The molecule has 0 aliphatic carbocycles. The van der Waals surface area contributed by atoms with Gasteiger partial charge in [0.1, 0.15) is 5.71 Å². The molecule has 0 saturated carbocycles. The van der Waals surface area contributed by atoms with Crippen molar-refractivity contribution >= 4 is 23.0 Å². The monoisotopic (exact) mass is 331 g/mol. The van der Waals surface area contributed by atoms with Gasteiger partial charge in [0.05, 0.1) is 23.6 Å². The van der Waals surface area contributed by atoms with Crippen LogP contribution < -0.4 is 10.3 Å². The van der Waals surface area contributed by atoms with Crippen LogP contribution in [0.25, 0.3) is 0 Å². The maximum atomic E-state index is 12.6. The van der Waals surface area contributed by atoms with Crippen molar-refractivity contribution in [1.29, 1.82) is 0 Å². The van der Waals surface area contributed by atoms with E-state index in [9.17, 15) is 4.79 Å². The van der Waals surface area contributed by atoms with Crippen LogP contribution in [-0.2, 0) is 4.79 Å². The van der Waals surface area contributed by atoms with E-state index in [2.05, 4.69) is 32.7 Å². The van der Waals surface area contributed by atoms with Crippen LogP contribution in [0.2, 0.25) is 0 Å². The molecule has 2 N–H and O–H groups in total. The Labute approximate surface area is 145 Å². The molecule has 4 rings (SSSR count). The number of aromatic nitrogens is 2. The minimum atomic E-state index is -0.208. The van der Waals surface area contributed by atoms with Crippen molar-refractivity contribution in [3.63, 3.8) is 0 Å². The summed E-state index contributed by atoms with van der Waals surface area (Å²) in [7, 11) is 0. The van der Waals surface area contributed by atoms with Gasteiger partial charge in [-0.25, -0.2) is 0 Å². The molecule has 2 heterocycles. The van der Waals surface area contributed by atoms with E-state index in [1.807, 2.05) is 53.5 Å². The molecule has 1 aromatic heterocycles. The van der Waals surface area contributed by atoms with E-state index < -0.39 is 0 Å². The topological polar surface area (TPSA) is 73.4 Å². The van der Waals surface area contributed by atoms with E-state index in [-0.39, 0.29) is 11.9 Å². The first-order chi connectivity index (χ1) is 12.3. The van der Waals surface area contributed by atoms with Crippen LogP contribution in [0.4, 0.5) is 11.4 Å². The quantitative estimate of drug-likeness (QED) is 0.770. The van der Waals surface area contributed by atoms with Crippen molar-refractivity contribution in [3.8, 4) is 0 Å². The summed E-state index contributed by atoms with van der Waals surface area (Å²) in [5.74, 6) is -0.208. The number of para-hydroxylation sites is 1. The van der Waals surface area contributed by atoms with Crippen LogP contribution in [0.1, 0.15) is 18.0 Å². The number of anilines is 2. The number of amides is 1. The number of benzene rings is 2. The minimum absolute atomic E-state index is 0.00583. The molecular formula is C19H17N5O. The molecule has 0 fully saturated rings. The molecule has 0 radical (unpaired) electrons. The van der Waals surface area contributed by atoms with Gasteiger partial charge in [0.25, 0.3) is 5.91 Å². The Morgan fingerprint density at radius 2 is 1.80 bits per heavy atom. The smallest absolute Gasteiger partial charge is 0.272 e. The number of hydrogen-bond donors (Lipinski definition) is 2. The molecular weight excluding hydrogens is 314 g/mol. The summed E-state index contributed by atoms with van der Waals surface area (Å²) in [5.41, 5.74) is 3.21. The van der Waals surface area contributed by atoms with Gasteiger partial charge in [0.2, 0.25) is 0 Å². The molecule has 124 valence electrons. The van der Waals surface area contributed by atoms with Gasteiger partial charge >= 0.3 is 0 Å². The average molecular weight is 331 g/mol. The van der Waals surface area contributed by atoms with Crippen molar-refractivity contribution in [2.75, 3.05) is 10.3 Å². The lowest BCUT2D eigenvalue weighted by Gasteiger charge is -2.23. The molecule has 1 aliphatic heterocycles. The lowest BCUT2D eigenvalue weighted by atomic mass is 10.0. The zero-order chi connectivity index (χ0) is 17.1. The fourth-order valence-corrected chi connectivity index (χ4v) is 2.92. The van der Waals surface area contributed by atoms with Crippen LogP contribution in [0.5, 0.6) is 0 Å².